The molecule has 0 atom stereocenters. The fourth-order valence-electron chi connectivity index (χ4n) is 1.78. The summed E-state index contributed by atoms with van der Waals surface area (Å²) < 4.78 is 3.25. The van der Waals surface area contributed by atoms with Crippen LogP contribution in [0.25, 0.3) is 0 Å². The van der Waals surface area contributed by atoms with Crippen molar-refractivity contribution in [2.75, 3.05) is 0 Å². The molecule has 0 aromatic carbocycles. The van der Waals surface area contributed by atoms with Gasteiger partial charge < -0.3 is 19.8 Å². The van der Waals surface area contributed by atoms with Crippen molar-refractivity contribution in [3.63, 3.8) is 0 Å². The predicted octanol–water partition coefficient (Wildman–Crippen LogP) is 1.74. The second kappa shape index (κ2) is 29.1. The summed E-state index contributed by atoms with van der Waals surface area (Å²) in [7, 11) is 0. The molecule has 0 aromatic rings. The molecule has 0 N–H and O–H groups in total. The molecule has 0 fully saturated rings. The molecular formula is C20H36O6Sn2+4. The van der Waals surface area contributed by atoms with Crippen molar-refractivity contribution < 1.29 is 29.4 Å². The maximum atomic E-state index is 10.4. The van der Waals surface area contributed by atoms with Gasteiger partial charge in [0.15, 0.2) is 0 Å². The number of unbranched alkanes of at least 4 members (excludes halogenated alkanes) is 2. The number of carbonyl (C=O) groups excluding carboxylic acids is 4. The summed E-state index contributed by atoms with van der Waals surface area (Å²) in [6.45, 7) is 8.23. The number of rotatable bonds is 14. The van der Waals surface area contributed by atoms with Gasteiger partial charge in [0.1, 0.15) is 11.6 Å². The number of Topliss-reactive ketones (excluding diaryl/α,β-unsaturated/α-hetero) is 2. The van der Waals surface area contributed by atoms with Crippen molar-refractivity contribution in [3.8, 4) is 0 Å². The maximum Gasteiger partial charge on any atom is 4.00 e. The number of hydrogen-bond acceptors (Lipinski definition) is 6. The van der Waals surface area contributed by atoms with E-state index in [0.29, 0.717) is 25.7 Å². The number of aliphatic carboxylic acids is 2. The van der Waals surface area contributed by atoms with E-state index in [-0.39, 0.29) is 56.6 Å². The Hall–Kier alpha value is -0.123. The molecule has 0 heterocycles. The number of ketones is 2. The molecule has 0 saturated heterocycles. The number of carboxylic acids is 2. The summed E-state index contributed by atoms with van der Waals surface area (Å²) in [6.07, 6.45) is 7.05. The second-order valence-electron chi connectivity index (χ2n) is 6.13. The molecule has 0 unspecified atom stereocenters. The monoisotopic (exact) mass is 612 g/mol. The van der Waals surface area contributed by atoms with Crippen LogP contribution in [-0.4, -0.2) is 68.6 Å². The van der Waals surface area contributed by atoms with Crippen LogP contribution in [0.5, 0.6) is 0 Å². The van der Waals surface area contributed by atoms with Crippen LogP contribution in [0.2, 0.25) is 8.87 Å². The van der Waals surface area contributed by atoms with Gasteiger partial charge in [0.25, 0.3) is 0 Å². The predicted molar refractivity (Wildman–Crippen MR) is 110 cm³/mol. The fraction of sp³-hybridized carbons (Fsp3) is 0.800. The Morgan fingerprint density at radius 1 is 0.643 bits per heavy atom. The van der Waals surface area contributed by atoms with Gasteiger partial charge in [0.05, 0.1) is 0 Å². The Balaban J connectivity index is -0.000000152. The van der Waals surface area contributed by atoms with Crippen molar-refractivity contribution in [1.82, 2.24) is 0 Å². The molecule has 0 spiro atoms. The molecule has 0 aliphatic rings. The molecule has 0 aromatic heterocycles. The molecular weight excluding hydrogens is 574 g/mol. The van der Waals surface area contributed by atoms with E-state index < -0.39 is 24.8 Å². The van der Waals surface area contributed by atoms with E-state index in [1.54, 1.807) is 8.87 Å². The number of carboxylic acid groups (broad SMARTS) is 2. The van der Waals surface area contributed by atoms with Crippen LogP contribution in [0.15, 0.2) is 0 Å². The van der Waals surface area contributed by atoms with Gasteiger partial charge in [-0.1, -0.05) is 13.8 Å². The van der Waals surface area contributed by atoms with Gasteiger partial charge in [0, 0.05) is 37.6 Å². The summed E-state index contributed by atoms with van der Waals surface area (Å²) in [5, 5.41) is 19.5. The minimum Gasteiger partial charge on any atom is 4.00 e. The van der Waals surface area contributed by atoms with Crippen LogP contribution in [0, 0.1) is 0 Å². The van der Waals surface area contributed by atoms with E-state index in [4.69, 9.17) is 0 Å². The largest absolute Gasteiger partial charge is 4.00 e. The van der Waals surface area contributed by atoms with Crippen molar-refractivity contribution in [1.29, 1.82) is 0 Å². The van der Waals surface area contributed by atoms with Crippen LogP contribution in [0.3, 0.4) is 0 Å². The first-order valence-electron chi connectivity index (χ1n) is 9.88. The fourth-order valence-corrected chi connectivity index (χ4v) is 5.94. The van der Waals surface area contributed by atoms with Crippen molar-refractivity contribution >= 4 is 68.6 Å². The van der Waals surface area contributed by atoms with Gasteiger partial charge in [-0.25, -0.2) is 0 Å². The van der Waals surface area contributed by atoms with E-state index in [2.05, 4.69) is 13.8 Å². The maximum absolute atomic E-state index is 10.4. The van der Waals surface area contributed by atoms with Gasteiger partial charge in [-0.15, -0.1) is 0 Å². The molecule has 6 nitrogen and oxygen atoms in total. The van der Waals surface area contributed by atoms with Crippen molar-refractivity contribution in [2.24, 2.45) is 0 Å². The smallest absolute Gasteiger partial charge is 4.00 e. The molecule has 0 amide bonds. The Morgan fingerprint density at radius 3 is 1.18 bits per heavy atom. The van der Waals surface area contributed by atoms with Crippen molar-refractivity contribution in [2.45, 2.75) is 101 Å². The van der Waals surface area contributed by atoms with Crippen LogP contribution in [0.1, 0.15) is 91.9 Å². The SMILES string of the molecule is CCCC(=O)CC(=O)[O-].CCCC(=O)CC(=O)[O-].CCC[CH2][Sn+2][CH2]CCC.[Sn+4]. The Labute approximate surface area is 197 Å². The quantitative estimate of drug-likeness (QED) is 0.168. The second-order valence-corrected chi connectivity index (χ2v) is 10.4. The normalized spacial score (nSPS) is 8.71. The first kappa shape index (κ1) is 35.3. The zero-order chi connectivity index (χ0) is 21.5. The third-order valence-electron chi connectivity index (χ3n) is 3.15. The van der Waals surface area contributed by atoms with Crippen LogP contribution in [-0.2, 0) is 19.2 Å². The minimum atomic E-state index is -1.28. The van der Waals surface area contributed by atoms with Gasteiger partial charge in [-0.05, 0) is 12.8 Å². The Bertz CT molecular complexity index is 364. The zero-order valence-electron chi connectivity index (χ0n) is 17.9. The third kappa shape index (κ3) is 40.5. The zero-order valence-corrected chi connectivity index (χ0v) is 23.6. The Morgan fingerprint density at radius 2 is 0.964 bits per heavy atom. The molecule has 0 aliphatic heterocycles. The first-order valence-corrected chi connectivity index (χ1v) is 13.9. The third-order valence-corrected chi connectivity index (χ3v) is 7.19. The van der Waals surface area contributed by atoms with Crippen molar-refractivity contribution in [3.05, 3.63) is 0 Å². The van der Waals surface area contributed by atoms with Crippen LogP contribution in [0.4, 0.5) is 0 Å². The summed E-state index contributed by atoms with van der Waals surface area (Å²) in [6, 6.07) is 0. The van der Waals surface area contributed by atoms with E-state index in [0.717, 1.165) is 0 Å². The van der Waals surface area contributed by atoms with Crippen LogP contribution >= 0.6 is 0 Å². The van der Waals surface area contributed by atoms with E-state index >= 15 is 0 Å². The molecule has 156 valence electrons. The van der Waals surface area contributed by atoms with Crippen LogP contribution < -0.4 is 10.2 Å². The summed E-state index contributed by atoms with van der Waals surface area (Å²) in [5.74, 6) is -3.07. The van der Waals surface area contributed by atoms with E-state index in [1.807, 2.05) is 13.8 Å². The first-order chi connectivity index (χ1) is 12.7. The van der Waals surface area contributed by atoms with Gasteiger partial charge >= 0.3 is 93.5 Å². The molecule has 0 aliphatic carbocycles. The average Bonchev–Trinajstić information content (AvgIpc) is 2.55. The van der Waals surface area contributed by atoms with Gasteiger partial charge in [0.2, 0.25) is 0 Å². The van der Waals surface area contributed by atoms with E-state index in [9.17, 15) is 29.4 Å². The Kier molecular flexibility index (Phi) is 36.7. The summed E-state index contributed by atoms with van der Waals surface area (Å²) >= 11 is 0.149. The summed E-state index contributed by atoms with van der Waals surface area (Å²) in [5.41, 5.74) is 0. The van der Waals surface area contributed by atoms with Gasteiger partial charge in [-0.2, -0.15) is 0 Å². The molecule has 28 heavy (non-hydrogen) atoms. The summed E-state index contributed by atoms with van der Waals surface area (Å²) in [4.78, 5) is 40.4. The number of hydrogen-bond donors (Lipinski definition) is 0. The number of carbonyl (C=O) groups is 4. The van der Waals surface area contributed by atoms with Gasteiger partial charge in [-0.3, -0.25) is 9.59 Å². The average molecular weight is 610 g/mol. The molecule has 0 bridgehead atoms. The molecule has 0 saturated carbocycles. The minimum absolute atomic E-state index is 0. The molecule has 0 radical (unpaired) electrons. The molecule has 8 heteroatoms. The molecule has 0 rings (SSSR count). The topological polar surface area (TPSA) is 114 Å². The standard InChI is InChI=1S/2C6H10O3.2C4H9.2Sn/c2*1-2-3-5(7)4-6(8)9;2*1-3-4-2;;/h2*2-4H2,1H3,(H,8,9);2*1,3-4H2,2H3;;/q;;;;+2;+4/p-2. The van der Waals surface area contributed by atoms with E-state index in [1.165, 1.54) is 25.7 Å².